The molecule has 0 saturated carbocycles. The van der Waals surface area contributed by atoms with Crippen LogP contribution in [0.3, 0.4) is 0 Å². The lowest BCUT2D eigenvalue weighted by Crippen LogP contribution is -2.49. The summed E-state index contributed by atoms with van der Waals surface area (Å²) in [6.07, 6.45) is 1.32. The maximum absolute atomic E-state index is 13.2. The van der Waals surface area contributed by atoms with Crippen LogP contribution in [0.25, 0.3) is 0 Å². The van der Waals surface area contributed by atoms with Crippen LogP contribution in [0, 0.1) is 0 Å². The number of rotatable bonds is 8. The molecule has 0 saturated heterocycles. The first-order valence-corrected chi connectivity index (χ1v) is 12.4. The minimum Gasteiger partial charge on any atom is -0.495 e. The highest BCUT2D eigenvalue weighted by Crippen LogP contribution is 2.34. The number of methoxy groups -OCH3 is 1. The monoisotopic (exact) mass is 482 g/mol. The number of fused-ring (bicyclic) bond motifs is 1. The first-order chi connectivity index (χ1) is 15.2. The van der Waals surface area contributed by atoms with Gasteiger partial charge in [-0.05, 0) is 49.2 Å². The van der Waals surface area contributed by atoms with Crippen molar-refractivity contribution in [3.8, 4) is 17.2 Å². The first-order valence-electron chi connectivity index (χ1n) is 10.2. The van der Waals surface area contributed by atoms with Crippen LogP contribution in [0.4, 0.5) is 5.69 Å². The van der Waals surface area contributed by atoms with E-state index in [0.717, 1.165) is 16.1 Å². The molecule has 2 aromatic carbocycles. The third-order valence-corrected chi connectivity index (χ3v) is 6.62. The number of ether oxygens (including phenoxy) is 3. The van der Waals surface area contributed by atoms with Crippen LogP contribution < -0.4 is 23.8 Å². The van der Waals surface area contributed by atoms with E-state index in [4.69, 9.17) is 25.8 Å². The second-order valence-electron chi connectivity index (χ2n) is 7.44. The van der Waals surface area contributed by atoms with Gasteiger partial charge in [0.05, 0.1) is 30.1 Å². The Bertz CT molecular complexity index is 1090. The van der Waals surface area contributed by atoms with Gasteiger partial charge in [-0.2, -0.15) is 0 Å². The Labute approximate surface area is 193 Å². The van der Waals surface area contributed by atoms with Crippen molar-refractivity contribution in [2.45, 2.75) is 32.4 Å². The maximum Gasteiger partial charge on any atom is 0.244 e. The van der Waals surface area contributed by atoms with Crippen LogP contribution in [0.5, 0.6) is 17.2 Å². The number of hydrogen-bond donors (Lipinski definition) is 1. The lowest BCUT2D eigenvalue weighted by Gasteiger charge is -2.31. The first kappa shape index (κ1) is 24.0. The summed E-state index contributed by atoms with van der Waals surface area (Å²) in [6.45, 7) is 4.53. The van der Waals surface area contributed by atoms with Crippen molar-refractivity contribution in [3.63, 3.8) is 0 Å². The van der Waals surface area contributed by atoms with Gasteiger partial charge in [0.1, 0.15) is 25.0 Å². The van der Waals surface area contributed by atoms with E-state index in [1.807, 2.05) is 19.1 Å². The van der Waals surface area contributed by atoms with Gasteiger partial charge in [0.25, 0.3) is 0 Å². The fraction of sp³-hybridized carbons (Fsp3) is 0.409. The summed E-state index contributed by atoms with van der Waals surface area (Å²) in [5.41, 5.74) is 1.10. The van der Waals surface area contributed by atoms with E-state index < -0.39 is 22.0 Å². The number of nitrogens with zero attached hydrogens (tertiary/aromatic N) is 1. The number of hydrogen-bond acceptors (Lipinski definition) is 6. The standard InChI is InChI=1S/C22H27ClN2O6S/c1-5-18(25(32(4,27)28)16-7-9-19(29-3)17(23)13-16)22(26)24-14(2)15-6-8-20-21(12-15)31-11-10-30-20/h6-9,12-14,18H,5,10-11H2,1-4H3,(H,24,26). The van der Waals surface area contributed by atoms with Gasteiger partial charge in [0.15, 0.2) is 11.5 Å². The van der Waals surface area contributed by atoms with E-state index in [1.165, 1.54) is 13.2 Å². The van der Waals surface area contributed by atoms with E-state index in [0.29, 0.717) is 30.5 Å². The highest BCUT2D eigenvalue weighted by atomic mass is 35.5. The molecule has 2 unspecified atom stereocenters. The van der Waals surface area contributed by atoms with Gasteiger partial charge in [-0.3, -0.25) is 9.10 Å². The number of sulfonamides is 1. The molecule has 1 N–H and O–H groups in total. The maximum atomic E-state index is 13.2. The van der Waals surface area contributed by atoms with E-state index in [9.17, 15) is 13.2 Å². The van der Waals surface area contributed by atoms with E-state index in [2.05, 4.69) is 5.32 Å². The van der Waals surface area contributed by atoms with Crippen molar-refractivity contribution in [3.05, 3.63) is 47.0 Å². The van der Waals surface area contributed by atoms with Gasteiger partial charge in [-0.25, -0.2) is 8.42 Å². The van der Waals surface area contributed by atoms with Gasteiger partial charge in [0.2, 0.25) is 15.9 Å². The predicted octanol–water partition coefficient (Wildman–Crippen LogP) is 3.54. The van der Waals surface area contributed by atoms with Crippen molar-refractivity contribution < 1.29 is 27.4 Å². The van der Waals surface area contributed by atoms with Crippen molar-refractivity contribution in [1.29, 1.82) is 0 Å². The predicted molar refractivity (Wildman–Crippen MR) is 123 cm³/mol. The number of amides is 1. The van der Waals surface area contributed by atoms with Crippen LogP contribution in [0.2, 0.25) is 5.02 Å². The molecule has 1 heterocycles. The summed E-state index contributed by atoms with van der Waals surface area (Å²) in [5.74, 6) is 1.26. The fourth-order valence-corrected chi connectivity index (χ4v) is 5.03. The topological polar surface area (TPSA) is 94.2 Å². The van der Waals surface area contributed by atoms with Crippen LogP contribution in [-0.4, -0.2) is 46.9 Å². The molecule has 1 aliphatic heterocycles. The number of halogens is 1. The van der Waals surface area contributed by atoms with E-state index >= 15 is 0 Å². The summed E-state index contributed by atoms with van der Waals surface area (Å²) in [5, 5.41) is 3.16. The molecule has 0 spiro atoms. The number of carbonyl (C=O) groups is 1. The van der Waals surface area contributed by atoms with Crippen molar-refractivity contribution >= 4 is 33.2 Å². The number of nitrogens with one attached hydrogen (secondary N) is 1. The van der Waals surface area contributed by atoms with Crippen molar-refractivity contribution in [2.24, 2.45) is 0 Å². The molecule has 32 heavy (non-hydrogen) atoms. The van der Waals surface area contributed by atoms with Crippen LogP contribution in [0.1, 0.15) is 31.9 Å². The van der Waals surface area contributed by atoms with E-state index in [1.54, 1.807) is 25.1 Å². The smallest absolute Gasteiger partial charge is 0.244 e. The molecule has 8 nitrogen and oxygen atoms in total. The summed E-state index contributed by atoms with van der Waals surface area (Å²) in [4.78, 5) is 13.2. The minimum atomic E-state index is -3.79. The lowest BCUT2D eigenvalue weighted by atomic mass is 10.1. The molecule has 0 radical (unpaired) electrons. The SMILES string of the molecule is CCC(C(=O)NC(C)c1ccc2c(c1)OCCO2)N(c1ccc(OC)c(Cl)c1)S(C)(=O)=O. The molecule has 1 amide bonds. The van der Waals surface area contributed by atoms with Gasteiger partial charge in [0, 0.05) is 0 Å². The second-order valence-corrected chi connectivity index (χ2v) is 9.70. The second kappa shape index (κ2) is 9.87. The Hall–Kier alpha value is -2.65. The molecular weight excluding hydrogens is 456 g/mol. The number of carbonyl (C=O) groups excluding carboxylic acids is 1. The molecule has 10 heteroatoms. The third-order valence-electron chi connectivity index (χ3n) is 5.14. The number of benzene rings is 2. The van der Waals surface area contributed by atoms with Gasteiger partial charge in [-0.15, -0.1) is 0 Å². The average molecular weight is 483 g/mol. The Balaban J connectivity index is 1.85. The average Bonchev–Trinajstić information content (AvgIpc) is 2.75. The molecule has 174 valence electrons. The molecule has 2 atom stereocenters. The Morgan fingerprint density at radius 3 is 2.47 bits per heavy atom. The molecular formula is C22H27ClN2O6S. The Kier molecular flexibility index (Phi) is 7.40. The lowest BCUT2D eigenvalue weighted by molar-refractivity contribution is -0.122. The number of anilines is 1. The molecule has 3 rings (SSSR count). The molecule has 0 aliphatic carbocycles. The summed E-state index contributed by atoms with van der Waals surface area (Å²) in [6, 6.07) is 8.72. The zero-order chi connectivity index (χ0) is 23.5. The van der Waals surface area contributed by atoms with Gasteiger partial charge >= 0.3 is 0 Å². The molecule has 1 aliphatic rings. The zero-order valence-corrected chi connectivity index (χ0v) is 20.0. The highest BCUT2D eigenvalue weighted by molar-refractivity contribution is 7.92. The fourth-order valence-electron chi connectivity index (χ4n) is 3.57. The Morgan fingerprint density at radius 1 is 1.19 bits per heavy atom. The summed E-state index contributed by atoms with van der Waals surface area (Å²) < 4.78 is 42.7. The van der Waals surface area contributed by atoms with Gasteiger partial charge in [-0.1, -0.05) is 24.6 Å². The minimum absolute atomic E-state index is 0.249. The van der Waals surface area contributed by atoms with Crippen molar-refractivity contribution in [2.75, 3.05) is 30.9 Å². The third kappa shape index (κ3) is 5.21. The summed E-state index contributed by atoms with van der Waals surface area (Å²) >= 11 is 6.20. The van der Waals surface area contributed by atoms with Crippen LogP contribution >= 0.6 is 11.6 Å². The van der Waals surface area contributed by atoms with Gasteiger partial charge < -0.3 is 19.5 Å². The van der Waals surface area contributed by atoms with Crippen LogP contribution in [-0.2, 0) is 14.8 Å². The summed E-state index contributed by atoms with van der Waals surface area (Å²) in [7, 11) is -2.32. The molecule has 0 bridgehead atoms. The van der Waals surface area contributed by atoms with Crippen molar-refractivity contribution in [1.82, 2.24) is 5.32 Å². The van der Waals surface area contributed by atoms with E-state index in [-0.39, 0.29) is 23.2 Å². The molecule has 0 aromatic heterocycles. The van der Waals surface area contributed by atoms with Crippen LogP contribution in [0.15, 0.2) is 36.4 Å². The molecule has 2 aromatic rings. The highest BCUT2D eigenvalue weighted by Gasteiger charge is 2.32. The largest absolute Gasteiger partial charge is 0.495 e. The normalized spacial score (nSPS) is 14.9. The Morgan fingerprint density at radius 2 is 1.88 bits per heavy atom. The quantitative estimate of drug-likeness (QED) is 0.618. The molecule has 0 fully saturated rings. The zero-order valence-electron chi connectivity index (χ0n) is 18.4.